The van der Waals surface area contributed by atoms with Gasteiger partial charge in [0.05, 0.1) is 5.69 Å². The van der Waals surface area contributed by atoms with E-state index in [9.17, 15) is 4.79 Å². The minimum atomic E-state index is 0.0900. The highest BCUT2D eigenvalue weighted by Crippen LogP contribution is 2.30. The van der Waals surface area contributed by atoms with Crippen molar-refractivity contribution >= 4 is 17.7 Å². The molecule has 5 nitrogen and oxygen atoms in total. The molecule has 0 bridgehead atoms. The van der Waals surface area contributed by atoms with Gasteiger partial charge in [-0.15, -0.1) is 0 Å². The second-order valence-electron chi connectivity index (χ2n) is 8.90. The fraction of sp³-hybridized carbons (Fsp3) is 0.241. The second kappa shape index (κ2) is 10.8. The molecule has 5 rings (SSSR count). The molecule has 4 aromatic rings. The maximum atomic E-state index is 13.3. The molecule has 6 heteroatoms. The summed E-state index contributed by atoms with van der Waals surface area (Å²) in [6.45, 7) is 3.53. The van der Waals surface area contributed by atoms with Gasteiger partial charge in [-0.2, -0.15) is 0 Å². The molecule has 0 spiro atoms. The molecule has 35 heavy (non-hydrogen) atoms. The number of benzene rings is 2. The average molecular weight is 481 g/mol. The van der Waals surface area contributed by atoms with E-state index < -0.39 is 0 Å². The highest BCUT2D eigenvalue weighted by atomic mass is 32.2. The van der Waals surface area contributed by atoms with Crippen LogP contribution in [0.5, 0.6) is 0 Å². The van der Waals surface area contributed by atoms with Crippen molar-refractivity contribution in [1.29, 1.82) is 0 Å². The Balaban J connectivity index is 1.27. The van der Waals surface area contributed by atoms with Gasteiger partial charge in [-0.3, -0.25) is 9.78 Å². The van der Waals surface area contributed by atoms with Gasteiger partial charge in [0, 0.05) is 48.9 Å². The Bertz CT molecular complexity index is 1280. The topological polar surface area (TPSA) is 59.0 Å². The molecule has 1 saturated heterocycles. The van der Waals surface area contributed by atoms with Gasteiger partial charge < -0.3 is 4.90 Å². The standard InChI is InChI=1S/C29H28N4OS/c1-21-17-31-29(35-20-22-7-5-15-30-18-22)32-27(21)26-10-6-16-33(19-26)28(34)25-13-11-24(12-14-25)23-8-3-2-4-9-23/h2-5,7-9,11-15,17-18,26H,6,10,16,19-20H2,1H3/t26-/m0/s1. The Morgan fingerprint density at radius 1 is 1.00 bits per heavy atom. The van der Waals surface area contributed by atoms with Crippen molar-refractivity contribution in [1.82, 2.24) is 19.9 Å². The Labute approximate surface area is 210 Å². The quantitative estimate of drug-likeness (QED) is 0.244. The van der Waals surface area contributed by atoms with E-state index in [2.05, 4.69) is 35.1 Å². The minimum absolute atomic E-state index is 0.0900. The highest BCUT2D eigenvalue weighted by Gasteiger charge is 2.27. The monoisotopic (exact) mass is 480 g/mol. The number of nitrogens with zero attached hydrogens (tertiary/aromatic N) is 4. The lowest BCUT2D eigenvalue weighted by Crippen LogP contribution is -2.39. The van der Waals surface area contributed by atoms with Crippen molar-refractivity contribution in [3.63, 3.8) is 0 Å². The Morgan fingerprint density at radius 2 is 1.80 bits per heavy atom. The van der Waals surface area contributed by atoms with Crippen LogP contribution in [0, 0.1) is 6.92 Å². The van der Waals surface area contributed by atoms with Crippen LogP contribution in [0.15, 0.2) is 90.5 Å². The lowest BCUT2D eigenvalue weighted by molar-refractivity contribution is 0.0705. The van der Waals surface area contributed by atoms with Crippen molar-refractivity contribution in [3.05, 3.63) is 108 Å². The molecule has 3 heterocycles. The number of thioether (sulfide) groups is 1. The molecule has 0 saturated carbocycles. The zero-order valence-electron chi connectivity index (χ0n) is 19.8. The maximum Gasteiger partial charge on any atom is 0.253 e. The third kappa shape index (κ3) is 5.60. The van der Waals surface area contributed by atoms with Crippen LogP contribution in [0.4, 0.5) is 0 Å². The minimum Gasteiger partial charge on any atom is -0.338 e. The number of amides is 1. The number of hydrogen-bond donors (Lipinski definition) is 0. The molecule has 0 N–H and O–H groups in total. The average Bonchev–Trinajstić information content (AvgIpc) is 2.93. The zero-order valence-corrected chi connectivity index (χ0v) is 20.6. The SMILES string of the molecule is Cc1cnc(SCc2cccnc2)nc1[C@H]1CCCN(C(=O)c2ccc(-c3ccccc3)cc2)C1. The van der Waals surface area contributed by atoms with Crippen LogP contribution in [0.25, 0.3) is 11.1 Å². The summed E-state index contributed by atoms with van der Waals surface area (Å²) in [5.74, 6) is 1.09. The van der Waals surface area contributed by atoms with Crippen LogP contribution >= 0.6 is 11.8 Å². The molecule has 1 aliphatic rings. The van der Waals surface area contributed by atoms with E-state index >= 15 is 0 Å². The Hall–Kier alpha value is -3.51. The number of hydrogen-bond acceptors (Lipinski definition) is 5. The van der Waals surface area contributed by atoms with Crippen LogP contribution in [0.1, 0.15) is 45.9 Å². The third-order valence-electron chi connectivity index (χ3n) is 6.41. The first-order valence-electron chi connectivity index (χ1n) is 12.0. The number of rotatable bonds is 6. The molecule has 1 amide bonds. The second-order valence-corrected chi connectivity index (χ2v) is 9.85. The summed E-state index contributed by atoms with van der Waals surface area (Å²) >= 11 is 1.62. The molecule has 176 valence electrons. The van der Waals surface area contributed by atoms with E-state index in [4.69, 9.17) is 4.98 Å². The molecule has 0 aliphatic carbocycles. The first-order chi connectivity index (χ1) is 17.2. The van der Waals surface area contributed by atoms with Crippen molar-refractivity contribution in [3.8, 4) is 11.1 Å². The van der Waals surface area contributed by atoms with Gasteiger partial charge in [0.15, 0.2) is 5.16 Å². The summed E-state index contributed by atoms with van der Waals surface area (Å²) < 4.78 is 0. The Morgan fingerprint density at radius 3 is 2.57 bits per heavy atom. The van der Waals surface area contributed by atoms with Crippen LogP contribution in [-0.4, -0.2) is 38.8 Å². The van der Waals surface area contributed by atoms with Crippen LogP contribution in [0.2, 0.25) is 0 Å². The fourth-order valence-corrected chi connectivity index (χ4v) is 5.31. The van der Waals surface area contributed by atoms with E-state index in [0.717, 1.165) is 63.8 Å². The van der Waals surface area contributed by atoms with E-state index in [0.29, 0.717) is 6.54 Å². The summed E-state index contributed by atoms with van der Waals surface area (Å²) in [5, 5.41) is 0.773. The summed E-state index contributed by atoms with van der Waals surface area (Å²) in [6, 6.07) is 22.2. The summed E-state index contributed by atoms with van der Waals surface area (Å²) in [7, 11) is 0. The number of carbonyl (C=O) groups excluding carboxylic acids is 1. The zero-order chi connectivity index (χ0) is 24.0. The van der Waals surface area contributed by atoms with E-state index in [1.54, 1.807) is 18.0 Å². The first-order valence-corrected chi connectivity index (χ1v) is 13.0. The largest absolute Gasteiger partial charge is 0.338 e. The molecular weight excluding hydrogens is 452 g/mol. The first kappa shape index (κ1) is 23.2. The van der Waals surface area contributed by atoms with Crippen LogP contribution in [0.3, 0.4) is 0 Å². The number of carbonyl (C=O) groups is 1. The number of piperidine rings is 1. The van der Waals surface area contributed by atoms with Crippen molar-refractivity contribution < 1.29 is 4.79 Å². The number of aromatic nitrogens is 3. The molecule has 2 aromatic heterocycles. The van der Waals surface area contributed by atoms with Gasteiger partial charge in [-0.1, -0.05) is 60.3 Å². The lowest BCUT2D eigenvalue weighted by Gasteiger charge is -2.33. The number of likely N-dealkylation sites (tertiary alicyclic amines) is 1. The van der Waals surface area contributed by atoms with Gasteiger partial charge in [0.25, 0.3) is 5.91 Å². The van der Waals surface area contributed by atoms with E-state index in [1.807, 2.05) is 65.8 Å². The Kier molecular flexibility index (Phi) is 7.19. The molecular formula is C29H28N4OS. The molecule has 2 aromatic carbocycles. The summed E-state index contributed by atoms with van der Waals surface area (Å²) in [6.07, 6.45) is 7.57. The maximum absolute atomic E-state index is 13.3. The molecule has 1 aliphatic heterocycles. The molecule has 1 fully saturated rings. The van der Waals surface area contributed by atoms with E-state index in [-0.39, 0.29) is 11.8 Å². The lowest BCUT2D eigenvalue weighted by atomic mass is 9.92. The number of pyridine rings is 1. The van der Waals surface area contributed by atoms with Crippen LogP contribution < -0.4 is 0 Å². The van der Waals surface area contributed by atoms with Crippen molar-refractivity contribution in [2.45, 2.75) is 36.6 Å². The highest BCUT2D eigenvalue weighted by molar-refractivity contribution is 7.98. The van der Waals surface area contributed by atoms with Gasteiger partial charge >= 0.3 is 0 Å². The summed E-state index contributed by atoms with van der Waals surface area (Å²) in [5.41, 5.74) is 6.30. The number of aryl methyl sites for hydroxylation is 1. The molecule has 0 unspecified atom stereocenters. The predicted octanol–water partition coefficient (Wildman–Crippen LogP) is 6.16. The molecule has 0 radical (unpaired) electrons. The normalized spacial score (nSPS) is 15.7. The predicted molar refractivity (Wildman–Crippen MR) is 140 cm³/mol. The van der Waals surface area contributed by atoms with Gasteiger partial charge in [0.2, 0.25) is 0 Å². The van der Waals surface area contributed by atoms with E-state index in [1.165, 1.54) is 0 Å². The van der Waals surface area contributed by atoms with Crippen molar-refractivity contribution in [2.24, 2.45) is 0 Å². The summed E-state index contributed by atoms with van der Waals surface area (Å²) in [4.78, 5) is 28.9. The smallest absolute Gasteiger partial charge is 0.253 e. The molecule has 1 atom stereocenters. The van der Waals surface area contributed by atoms with Crippen LogP contribution in [-0.2, 0) is 5.75 Å². The fourth-order valence-electron chi connectivity index (χ4n) is 4.56. The van der Waals surface area contributed by atoms with Gasteiger partial charge in [-0.25, -0.2) is 9.97 Å². The van der Waals surface area contributed by atoms with Gasteiger partial charge in [-0.05, 0) is 60.2 Å². The van der Waals surface area contributed by atoms with Gasteiger partial charge in [0.1, 0.15) is 0 Å². The third-order valence-corrected chi connectivity index (χ3v) is 7.35. The van der Waals surface area contributed by atoms with Crippen molar-refractivity contribution in [2.75, 3.05) is 13.1 Å².